The number of carbonyl (C=O) groups excluding carboxylic acids is 3. The van der Waals surface area contributed by atoms with Crippen LogP contribution in [-0.4, -0.2) is 29.9 Å². The molecule has 1 aliphatic carbocycles. The first-order valence-electron chi connectivity index (χ1n) is 8.93. The Morgan fingerprint density at radius 3 is 2.31 bits per heavy atom. The maximum Gasteiger partial charge on any atom is 0.269 e. The lowest BCUT2D eigenvalue weighted by Crippen LogP contribution is -2.48. The van der Waals surface area contributed by atoms with Gasteiger partial charge in [0.1, 0.15) is 5.75 Å². The molecule has 0 unspecified atom stereocenters. The second-order valence-electron chi connectivity index (χ2n) is 6.40. The molecule has 0 saturated heterocycles. The number of carbonyl (C=O) groups is 3. The number of ether oxygens (including phenoxy) is 1. The van der Waals surface area contributed by atoms with Crippen LogP contribution in [0.2, 0.25) is 0 Å². The summed E-state index contributed by atoms with van der Waals surface area (Å²) in [6, 6.07) is 13.2. The number of para-hydroxylation sites is 1. The van der Waals surface area contributed by atoms with E-state index >= 15 is 0 Å². The van der Waals surface area contributed by atoms with E-state index in [0.29, 0.717) is 22.6 Å². The number of nitrogens with one attached hydrogen (secondary N) is 4. The van der Waals surface area contributed by atoms with Crippen molar-refractivity contribution < 1.29 is 19.1 Å². The summed E-state index contributed by atoms with van der Waals surface area (Å²) in [6.45, 7) is 0. The third-order valence-corrected chi connectivity index (χ3v) is 4.44. The largest absolute Gasteiger partial charge is 0.496 e. The summed E-state index contributed by atoms with van der Waals surface area (Å²) in [5.41, 5.74) is 6.19. The van der Waals surface area contributed by atoms with Gasteiger partial charge in [-0.3, -0.25) is 30.6 Å². The second-order valence-corrected chi connectivity index (χ2v) is 6.81. The van der Waals surface area contributed by atoms with E-state index in [1.54, 1.807) is 48.5 Å². The maximum atomic E-state index is 12.3. The Morgan fingerprint density at radius 2 is 1.66 bits per heavy atom. The highest BCUT2D eigenvalue weighted by Gasteiger charge is 2.29. The number of hydrogen-bond donors (Lipinski definition) is 4. The molecule has 1 aliphatic rings. The molecule has 0 spiro atoms. The van der Waals surface area contributed by atoms with Crippen LogP contribution in [0.25, 0.3) is 0 Å². The molecular weight excluding hydrogens is 392 g/mol. The first-order valence-corrected chi connectivity index (χ1v) is 9.34. The van der Waals surface area contributed by atoms with Crippen molar-refractivity contribution in [3.63, 3.8) is 0 Å². The fourth-order valence-corrected chi connectivity index (χ4v) is 2.66. The van der Waals surface area contributed by atoms with Crippen LogP contribution in [0.3, 0.4) is 0 Å². The fraction of sp³-hybridized carbons (Fsp3) is 0.200. The molecule has 0 atom stereocenters. The Bertz CT molecular complexity index is 942. The highest BCUT2D eigenvalue weighted by molar-refractivity contribution is 7.80. The average Bonchev–Trinajstić information content (AvgIpc) is 3.58. The van der Waals surface area contributed by atoms with Crippen molar-refractivity contribution in [2.24, 2.45) is 5.92 Å². The van der Waals surface area contributed by atoms with Crippen molar-refractivity contribution in [3.05, 3.63) is 59.7 Å². The van der Waals surface area contributed by atoms with Crippen molar-refractivity contribution in [1.82, 2.24) is 16.2 Å². The van der Waals surface area contributed by atoms with Crippen LogP contribution in [0.4, 0.5) is 5.69 Å². The van der Waals surface area contributed by atoms with E-state index in [4.69, 9.17) is 17.0 Å². The van der Waals surface area contributed by atoms with Gasteiger partial charge in [-0.2, -0.15) is 0 Å². The van der Waals surface area contributed by atoms with Crippen LogP contribution in [0.15, 0.2) is 48.5 Å². The molecule has 2 aromatic rings. The van der Waals surface area contributed by atoms with Crippen molar-refractivity contribution in [2.45, 2.75) is 12.8 Å². The quantitative estimate of drug-likeness (QED) is 0.442. The molecule has 8 nitrogen and oxygen atoms in total. The number of hydrazine groups is 1. The van der Waals surface area contributed by atoms with Gasteiger partial charge in [0.15, 0.2) is 5.11 Å². The van der Waals surface area contributed by atoms with Gasteiger partial charge in [-0.25, -0.2) is 0 Å². The third kappa shape index (κ3) is 5.52. The Balaban J connectivity index is 1.48. The van der Waals surface area contributed by atoms with Crippen molar-refractivity contribution in [1.29, 1.82) is 0 Å². The van der Waals surface area contributed by atoms with Crippen molar-refractivity contribution >= 4 is 40.7 Å². The Morgan fingerprint density at radius 1 is 0.966 bits per heavy atom. The summed E-state index contributed by atoms with van der Waals surface area (Å²) >= 11 is 5.03. The van der Waals surface area contributed by atoms with Gasteiger partial charge in [0.25, 0.3) is 11.8 Å². The van der Waals surface area contributed by atoms with E-state index < -0.39 is 11.8 Å². The number of rotatable bonds is 5. The predicted molar refractivity (Wildman–Crippen MR) is 111 cm³/mol. The van der Waals surface area contributed by atoms with Crippen LogP contribution in [-0.2, 0) is 4.79 Å². The van der Waals surface area contributed by atoms with E-state index in [1.807, 2.05) is 0 Å². The summed E-state index contributed by atoms with van der Waals surface area (Å²) < 4.78 is 5.13. The molecule has 4 N–H and O–H groups in total. The van der Waals surface area contributed by atoms with Gasteiger partial charge in [0.2, 0.25) is 5.91 Å². The standard InChI is InChI=1S/C20H20N4O4S/c1-28-16-5-3-2-4-15(16)19(27)22-20(29)24-23-18(26)13-8-10-14(11-9-13)21-17(25)12-6-7-12/h2-5,8-12H,6-7H2,1H3,(H,21,25)(H,23,26)(H2,22,24,27,29). The van der Waals surface area contributed by atoms with E-state index in [-0.39, 0.29) is 16.9 Å². The molecule has 150 valence electrons. The van der Waals surface area contributed by atoms with Gasteiger partial charge in [-0.15, -0.1) is 0 Å². The molecule has 0 aromatic heterocycles. The van der Waals surface area contributed by atoms with Gasteiger partial charge in [-0.1, -0.05) is 12.1 Å². The SMILES string of the molecule is COc1ccccc1C(=O)NC(=S)NNC(=O)c1ccc(NC(=O)C2CC2)cc1. The summed E-state index contributed by atoms with van der Waals surface area (Å²) in [5, 5.41) is 5.20. The Kier molecular flexibility index (Phi) is 6.40. The Labute approximate surface area is 173 Å². The maximum absolute atomic E-state index is 12.3. The highest BCUT2D eigenvalue weighted by Crippen LogP contribution is 2.30. The zero-order valence-electron chi connectivity index (χ0n) is 15.7. The van der Waals surface area contributed by atoms with E-state index in [1.165, 1.54) is 7.11 Å². The average molecular weight is 412 g/mol. The van der Waals surface area contributed by atoms with Gasteiger partial charge in [-0.05, 0) is 61.5 Å². The first-order chi connectivity index (χ1) is 14.0. The number of amides is 3. The first kappa shape index (κ1) is 20.3. The summed E-state index contributed by atoms with van der Waals surface area (Å²) in [7, 11) is 1.46. The summed E-state index contributed by atoms with van der Waals surface area (Å²) in [6.07, 6.45) is 1.84. The molecule has 3 amide bonds. The van der Waals surface area contributed by atoms with Gasteiger partial charge in [0.05, 0.1) is 12.7 Å². The minimum absolute atomic E-state index is 0.00000468. The van der Waals surface area contributed by atoms with Crippen molar-refractivity contribution in [2.75, 3.05) is 12.4 Å². The lowest BCUT2D eigenvalue weighted by atomic mass is 10.2. The van der Waals surface area contributed by atoms with Gasteiger partial charge in [0, 0.05) is 17.2 Å². The Hall–Kier alpha value is -3.46. The van der Waals surface area contributed by atoms with Crippen LogP contribution in [0.5, 0.6) is 5.75 Å². The van der Waals surface area contributed by atoms with Crippen molar-refractivity contribution in [3.8, 4) is 5.75 Å². The van der Waals surface area contributed by atoms with E-state index in [9.17, 15) is 14.4 Å². The number of hydrogen-bond acceptors (Lipinski definition) is 5. The van der Waals surface area contributed by atoms with Crippen LogP contribution >= 0.6 is 12.2 Å². The van der Waals surface area contributed by atoms with E-state index in [2.05, 4.69) is 21.5 Å². The topological polar surface area (TPSA) is 109 Å². The molecule has 9 heteroatoms. The highest BCUT2D eigenvalue weighted by atomic mass is 32.1. The third-order valence-electron chi connectivity index (χ3n) is 4.23. The zero-order valence-corrected chi connectivity index (χ0v) is 16.5. The van der Waals surface area contributed by atoms with Gasteiger partial charge < -0.3 is 10.1 Å². The minimum atomic E-state index is -0.468. The second kappa shape index (κ2) is 9.16. The molecule has 0 radical (unpaired) electrons. The summed E-state index contributed by atoms with van der Waals surface area (Å²) in [5.74, 6) is -0.399. The number of thiocarbonyl (C=S) groups is 1. The number of anilines is 1. The summed E-state index contributed by atoms with van der Waals surface area (Å²) in [4.78, 5) is 36.2. The van der Waals surface area contributed by atoms with Crippen LogP contribution in [0.1, 0.15) is 33.6 Å². The molecule has 0 heterocycles. The van der Waals surface area contributed by atoms with Gasteiger partial charge >= 0.3 is 0 Å². The lowest BCUT2D eigenvalue weighted by Gasteiger charge is -2.12. The molecular formula is C20H20N4O4S. The van der Waals surface area contributed by atoms with E-state index in [0.717, 1.165) is 12.8 Å². The molecule has 1 saturated carbocycles. The molecule has 0 bridgehead atoms. The molecule has 1 fully saturated rings. The molecule has 3 rings (SSSR count). The monoisotopic (exact) mass is 412 g/mol. The fourth-order valence-electron chi connectivity index (χ4n) is 2.51. The number of methoxy groups -OCH3 is 1. The zero-order chi connectivity index (χ0) is 20.8. The minimum Gasteiger partial charge on any atom is -0.496 e. The van der Waals surface area contributed by atoms with Crippen LogP contribution < -0.4 is 26.2 Å². The lowest BCUT2D eigenvalue weighted by molar-refractivity contribution is -0.117. The smallest absolute Gasteiger partial charge is 0.269 e. The normalized spacial score (nSPS) is 12.4. The number of benzene rings is 2. The van der Waals surface area contributed by atoms with Crippen LogP contribution in [0, 0.1) is 5.92 Å². The molecule has 29 heavy (non-hydrogen) atoms. The predicted octanol–water partition coefficient (Wildman–Crippen LogP) is 1.99. The molecule has 2 aromatic carbocycles. The molecule has 0 aliphatic heterocycles.